The molecular weight excluding hydrogens is 200 g/mol. The van der Waals surface area contributed by atoms with E-state index in [1.807, 2.05) is 0 Å². The highest BCUT2D eigenvalue weighted by Crippen LogP contribution is 2.21. The Balaban J connectivity index is 2.00. The fourth-order valence-electron chi connectivity index (χ4n) is 2.49. The first kappa shape index (κ1) is 13.9. The van der Waals surface area contributed by atoms with Crippen molar-refractivity contribution < 1.29 is 4.74 Å². The molecule has 2 atom stereocenters. The van der Waals surface area contributed by atoms with Crippen molar-refractivity contribution in [1.82, 2.24) is 10.2 Å². The molecule has 2 unspecified atom stereocenters. The summed E-state index contributed by atoms with van der Waals surface area (Å²) < 4.78 is 4.99. The molecule has 1 fully saturated rings. The molecule has 0 radical (unpaired) electrons. The first-order chi connectivity index (χ1) is 7.74. The third-order valence-corrected chi connectivity index (χ3v) is 3.56. The van der Waals surface area contributed by atoms with Crippen molar-refractivity contribution in [2.24, 2.45) is 5.92 Å². The van der Waals surface area contributed by atoms with E-state index in [2.05, 4.69) is 24.1 Å². The van der Waals surface area contributed by atoms with Gasteiger partial charge in [-0.3, -0.25) is 0 Å². The Kier molecular flexibility index (Phi) is 7.01. The Morgan fingerprint density at radius 3 is 2.81 bits per heavy atom. The average molecular weight is 228 g/mol. The number of likely N-dealkylation sites (tertiary alicyclic amines) is 1. The van der Waals surface area contributed by atoms with Gasteiger partial charge in [-0.05, 0) is 51.7 Å². The molecule has 1 N–H and O–H groups in total. The van der Waals surface area contributed by atoms with Crippen LogP contribution in [0, 0.1) is 5.92 Å². The summed E-state index contributed by atoms with van der Waals surface area (Å²) in [4.78, 5) is 2.64. The molecule has 1 aliphatic heterocycles. The van der Waals surface area contributed by atoms with Gasteiger partial charge in [0.25, 0.3) is 0 Å². The number of hydrogen-bond acceptors (Lipinski definition) is 3. The van der Waals surface area contributed by atoms with Crippen LogP contribution < -0.4 is 5.32 Å². The summed E-state index contributed by atoms with van der Waals surface area (Å²) in [6, 6.07) is 0.780. The number of methoxy groups -OCH3 is 1. The molecule has 16 heavy (non-hydrogen) atoms. The van der Waals surface area contributed by atoms with Gasteiger partial charge in [-0.2, -0.15) is 0 Å². The van der Waals surface area contributed by atoms with Crippen LogP contribution in [0.1, 0.15) is 33.1 Å². The number of ether oxygens (including phenoxy) is 1. The standard InChI is InChI=1S/C13H28N2O/c1-12-5-9-15(13(2)11-12)8-4-6-14-7-10-16-3/h12-14H,4-11H2,1-3H3. The van der Waals surface area contributed by atoms with E-state index in [9.17, 15) is 0 Å². The zero-order valence-corrected chi connectivity index (χ0v) is 11.2. The van der Waals surface area contributed by atoms with Crippen molar-refractivity contribution in [3.63, 3.8) is 0 Å². The lowest BCUT2D eigenvalue weighted by molar-refractivity contribution is 0.127. The maximum Gasteiger partial charge on any atom is 0.0587 e. The van der Waals surface area contributed by atoms with Crippen LogP contribution in [0.3, 0.4) is 0 Å². The van der Waals surface area contributed by atoms with Gasteiger partial charge in [0.05, 0.1) is 6.61 Å². The number of nitrogens with zero attached hydrogens (tertiary/aromatic N) is 1. The molecule has 0 saturated carbocycles. The Hall–Kier alpha value is -0.120. The van der Waals surface area contributed by atoms with Crippen molar-refractivity contribution in [3.05, 3.63) is 0 Å². The van der Waals surface area contributed by atoms with E-state index in [4.69, 9.17) is 4.74 Å². The van der Waals surface area contributed by atoms with Crippen LogP contribution in [-0.4, -0.2) is 50.8 Å². The summed E-state index contributed by atoms with van der Waals surface area (Å²) in [7, 11) is 1.75. The quantitative estimate of drug-likeness (QED) is 0.672. The molecule has 0 aromatic carbocycles. The lowest BCUT2D eigenvalue weighted by Crippen LogP contribution is -2.41. The predicted molar refractivity (Wildman–Crippen MR) is 68.8 cm³/mol. The number of rotatable bonds is 7. The summed E-state index contributed by atoms with van der Waals surface area (Å²) >= 11 is 0. The van der Waals surface area contributed by atoms with Crippen molar-refractivity contribution >= 4 is 0 Å². The molecule has 3 nitrogen and oxygen atoms in total. The van der Waals surface area contributed by atoms with Gasteiger partial charge in [0, 0.05) is 19.7 Å². The van der Waals surface area contributed by atoms with Crippen LogP contribution in [0.4, 0.5) is 0 Å². The second kappa shape index (κ2) is 8.04. The van der Waals surface area contributed by atoms with E-state index < -0.39 is 0 Å². The molecule has 0 aliphatic carbocycles. The van der Waals surface area contributed by atoms with E-state index in [0.717, 1.165) is 31.7 Å². The highest BCUT2D eigenvalue weighted by molar-refractivity contribution is 4.76. The highest BCUT2D eigenvalue weighted by Gasteiger charge is 2.21. The van der Waals surface area contributed by atoms with E-state index in [-0.39, 0.29) is 0 Å². The van der Waals surface area contributed by atoms with Crippen molar-refractivity contribution in [1.29, 1.82) is 0 Å². The molecule has 1 saturated heterocycles. The summed E-state index contributed by atoms with van der Waals surface area (Å²) in [5.41, 5.74) is 0. The number of piperidine rings is 1. The highest BCUT2D eigenvalue weighted by atomic mass is 16.5. The second-order valence-corrected chi connectivity index (χ2v) is 5.11. The summed E-state index contributed by atoms with van der Waals surface area (Å²) in [5.74, 6) is 0.922. The summed E-state index contributed by atoms with van der Waals surface area (Å²) in [6.45, 7) is 10.2. The Bertz CT molecular complexity index is 175. The van der Waals surface area contributed by atoms with Gasteiger partial charge in [0.1, 0.15) is 0 Å². The van der Waals surface area contributed by atoms with Crippen LogP contribution in [0.2, 0.25) is 0 Å². The monoisotopic (exact) mass is 228 g/mol. The number of nitrogens with one attached hydrogen (secondary N) is 1. The van der Waals surface area contributed by atoms with E-state index in [0.29, 0.717) is 0 Å². The third kappa shape index (κ3) is 5.28. The molecule has 1 aliphatic rings. The molecule has 96 valence electrons. The maximum absolute atomic E-state index is 4.99. The van der Waals surface area contributed by atoms with Gasteiger partial charge in [-0.15, -0.1) is 0 Å². The molecule has 0 bridgehead atoms. The topological polar surface area (TPSA) is 24.5 Å². The minimum absolute atomic E-state index is 0.780. The minimum atomic E-state index is 0.780. The zero-order chi connectivity index (χ0) is 11.8. The van der Waals surface area contributed by atoms with Gasteiger partial charge >= 0.3 is 0 Å². The van der Waals surface area contributed by atoms with E-state index in [1.54, 1.807) is 7.11 Å². The Morgan fingerprint density at radius 2 is 2.12 bits per heavy atom. The lowest BCUT2D eigenvalue weighted by atomic mass is 9.93. The summed E-state index contributed by atoms with van der Waals surface area (Å²) in [6.07, 6.45) is 4.00. The van der Waals surface area contributed by atoms with Crippen LogP contribution in [0.5, 0.6) is 0 Å². The molecular formula is C13H28N2O. The first-order valence-electron chi connectivity index (χ1n) is 6.67. The van der Waals surface area contributed by atoms with Crippen LogP contribution in [0.15, 0.2) is 0 Å². The van der Waals surface area contributed by atoms with Gasteiger partial charge < -0.3 is 15.0 Å². The normalized spacial score (nSPS) is 27.2. The first-order valence-corrected chi connectivity index (χ1v) is 6.67. The minimum Gasteiger partial charge on any atom is -0.383 e. The average Bonchev–Trinajstić information content (AvgIpc) is 2.26. The molecule has 0 amide bonds. The smallest absolute Gasteiger partial charge is 0.0587 e. The van der Waals surface area contributed by atoms with Crippen LogP contribution in [-0.2, 0) is 4.74 Å². The van der Waals surface area contributed by atoms with Gasteiger partial charge in [0.15, 0.2) is 0 Å². The summed E-state index contributed by atoms with van der Waals surface area (Å²) in [5, 5.41) is 3.40. The van der Waals surface area contributed by atoms with Gasteiger partial charge in [-0.1, -0.05) is 6.92 Å². The third-order valence-electron chi connectivity index (χ3n) is 3.56. The molecule has 0 aromatic heterocycles. The number of hydrogen-bond donors (Lipinski definition) is 1. The molecule has 0 aromatic rings. The fourth-order valence-corrected chi connectivity index (χ4v) is 2.49. The van der Waals surface area contributed by atoms with Crippen molar-refractivity contribution in [2.75, 3.05) is 39.9 Å². The van der Waals surface area contributed by atoms with Crippen molar-refractivity contribution in [3.8, 4) is 0 Å². The zero-order valence-electron chi connectivity index (χ0n) is 11.2. The van der Waals surface area contributed by atoms with E-state index in [1.165, 1.54) is 32.4 Å². The van der Waals surface area contributed by atoms with Crippen LogP contribution in [0.25, 0.3) is 0 Å². The second-order valence-electron chi connectivity index (χ2n) is 5.11. The maximum atomic E-state index is 4.99. The van der Waals surface area contributed by atoms with Gasteiger partial charge in [0.2, 0.25) is 0 Å². The Morgan fingerprint density at radius 1 is 1.31 bits per heavy atom. The molecule has 0 spiro atoms. The lowest BCUT2D eigenvalue weighted by Gasteiger charge is -2.36. The SMILES string of the molecule is COCCNCCCN1CCC(C)CC1C. The molecule has 3 heteroatoms. The van der Waals surface area contributed by atoms with Crippen LogP contribution >= 0.6 is 0 Å². The predicted octanol–water partition coefficient (Wildman–Crippen LogP) is 1.73. The van der Waals surface area contributed by atoms with E-state index >= 15 is 0 Å². The Labute approximate surface area is 101 Å². The molecule has 1 rings (SSSR count). The van der Waals surface area contributed by atoms with Gasteiger partial charge in [-0.25, -0.2) is 0 Å². The fraction of sp³-hybridized carbons (Fsp3) is 1.00. The molecule has 1 heterocycles. The largest absolute Gasteiger partial charge is 0.383 e. The van der Waals surface area contributed by atoms with Crippen molar-refractivity contribution in [2.45, 2.75) is 39.2 Å².